The second kappa shape index (κ2) is 5.63. The third kappa shape index (κ3) is 3.81. The molecule has 1 heterocycles. The van der Waals surface area contributed by atoms with E-state index in [1.807, 2.05) is 19.4 Å². The molecule has 0 radical (unpaired) electrons. The van der Waals surface area contributed by atoms with Crippen molar-refractivity contribution in [1.29, 1.82) is 0 Å². The molecule has 2 heteroatoms. The van der Waals surface area contributed by atoms with Crippen LogP contribution in [0, 0.1) is 18.3 Å². The van der Waals surface area contributed by atoms with Gasteiger partial charge in [-0.2, -0.15) is 0 Å². The molecule has 2 nitrogen and oxygen atoms in total. The molecule has 1 N–H and O–H groups in total. The number of aromatic nitrogens is 1. The van der Waals surface area contributed by atoms with Crippen molar-refractivity contribution < 1.29 is 0 Å². The zero-order valence-electron chi connectivity index (χ0n) is 12.0. The predicted octanol–water partition coefficient (Wildman–Crippen LogP) is 3.72. The Morgan fingerprint density at radius 3 is 2.47 bits per heavy atom. The van der Waals surface area contributed by atoms with E-state index in [1.165, 1.54) is 11.1 Å². The Bertz CT molecular complexity index is 352. The fraction of sp³-hybridized carbons (Fsp3) is 0.667. The molecule has 0 aliphatic heterocycles. The first-order chi connectivity index (χ1) is 7.86. The Labute approximate surface area is 106 Å². The fourth-order valence-corrected chi connectivity index (χ4v) is 1.95. The summed E-state index contributed by atoms with van der Waals surface area (Å²) in [5.41, 5.74) is 3.00. The third-order valence-electron chi connectivity index (χ3n) is 3.87. The molecule has 0 bridgehead atoms. The van der Waals surface area contributed by atoms with Gasteiger partial charge in [-0.25, -0.2) is 0 Å². The Balaban J connectivity index is 2.83. The summed E-state index contributed by atoms with van der Waals surface area (Å²) in [4.78, 5) is 4.24. The average Bonchev–Trinajstić information content (AvgIpc) is 2.25. The van der Waals surface area contributed by atoms with Gasteiger partial charge in [0.2, 0.25) is 0 Å². The van der Waals surface area contributed by atoms with Crippen molar-refractivity contribution in [2.45, 2.75) is 47.1 Å². The van der Waals surface area contributed by atoms with Gasteiger partial charge >= 0.3 is 0 Å². The highest BCUT2D eigenvalue weighted by molar-refractivity contribution is 5.25. The maximum Gasteiger partial charge on any atom is 0.0338 e. The summed E-state index contributed by atoms with van der Waals surface area (Å²) in [5, 5.41) is 3.42. The second-order valence-electron chi connectivity index (χ2n) is 6.08. The summed E-state index contributed by atoms with van der Waals surface area (Å²) in [6.45, 7) is 11.4. The van der Waals surface area contributed by atoms with Gasteiger partial charge < -0.3 is 5.32 Å². The van der Waals surface area contributed by atoms with Crippen LogP contribution >= 0.6 is 0 Å². The lowest BCUT2D eigenvalue weighted by molar-refractivity contribution is 0.226. The topological polar surface area (TPSA) is 24.9 Å². The van der Waals surface area contributed by atoms with E-state index in [2.05, 4.69) is 51.0 Å². The van der Waals surface area contributed by atoms with Crippen LogP contribution in [0.5, 0.6) is 0 Å². The zero-order chi connectivity index (χ0) is 13.1. The van der Waals surface area contributed by atoms with E-state index in [-0.39, 0.29) is 0 Å². The van der Waals surface area contributed by atoms with Crippen molar-refractivity contribution in [1.82, 2.24) is 10.3 Å². The van der Waals surface area contributed by atoms with Gasteiger partial charge in [-0.05, 0) is 48.9 Å². The van der Waals surface area contributed by atoms with Crippen LogP contribution in [0.1, 0.15) is 51.3 Å². The Morgan fingerprint density at radius 1 is 1.35 bits per heavy atom. The van der Waals surface area contributed by atoms with E-state index >= 15 is 0 Å². The Kier molecular flexibility index (Phi) is 4.70. The van der Waals surface area contributed by atoms with Crippen molar-refractivity contribution in [3.63, 3.8) is 0 Å². The number of hydrogen-bond acceptors (Lipinski definition) is 2. The predicted molar refractivity (Wildman–Crippen MR) is 74.0 cm³/mol. The highest BCUT2D eigenvalue weighted by Crippen LogP contribution is 2.33. The summed E-state index contributed by atoms with van der Waals surface area (Å²) >= 11 is 0. The van der Waals surface area contributed by atoms with Gasteiger partial charge in [-0.3, -0.25) is 4.98 Å². The van der Waals surface area contributed by atoms with Crippen LogP contribution in [-0.2, 0) is 0 Å². The largest absolute Gasteiger partial charge is 0.313 e. The lowest BCUT2D eigenvalue weighted by atomic mass is 9.77. The molecule has 1 aromatic heterocycles. The molecule has 0 spiro atoms. The number of nitrogens with one attached hydrogen (secondary N) is 1. The number of nitrogens with zero attached hydrogens (tertiary/aromatic N) is 1. The molecule has 0 saturated heterocycles. The van der Waals surface area contributed by atoms with Crippen LogP contribution in [0.2, 0.25) is 0 Å². The molecule has 1 rings (SSSR count). The lowest BCUT2D eigenvalue weighted by Crippen LogP contribution is -2.26. The average molecular weight is 234 g/mol. The van der Waals surface area contributed by atoms with E-state index in [0.717, 1.165) is 6.42 Å². The van der Waals surface area contributed by atoms with Gasteiger partial charge in [0.05, 0.1) is 0 Å². The summed E-state index contributed by atoms with van der Waals surface area (Å²) in [7, 11) is 2.03. The van der Waals surface area contributed by atoms with Crippen LogP contribution in [0.3, 0.4) is 0 Å². The smallest absolute Gasteiger partial charge is 0.0338 e. The zero-order valence-corrected chi connectivity index (χ0v) is 12.0. The van der Waals surface area contributed by atoms with Crippen molar-refractivity contribution in [2.75, 3.05) is 7.05 Å². The molecular weight excluding hydrogens is 208 g/mol. The first-order valence-electron chi connectivity index (χ1n) is 6.44. The quantitative estimate of drug-likeness (QED) is 0.858. The van der Waals surface area contributed by atoms with E-state index < -0.39 is 0 Å². The maximum absolute atomic E-state index is 4.24. The van der Waals surface area contributed by atoms with Gasteiger partial charge in [0, 0.05) is 18.4 Å². The minimum absolute atomic E-state index is 0.352. The molecule has 2 atom stereocenters. The minimum atomic E-state index is 0.352. The molecule has 2 unspecified atom stereocenters. The van der Waals surface area contributed by atoms with Crippen LogP contribution < -0.4 is 5.32 Å². The van der Waals surface area contributed by atoms with E-state index in [4.69, 9.17) is 0 Å². The summed E-state index contributed by atoms with van der Waals surface area (Å²) in [6.07, 6.45) is 5.00. The molecule has 0 aromatic carbocycles. The van der Waals surface area contributed by atoms with Gasteiger partial charge in [0.1, 0.15) is 0 Å². The molecule has 0 saturated carbocycles. The van der Waals surface area contributed by atoms with E-state index in [1.54, 1.807) is 0 Å². The first kappa shape index (κ1) is 14.2. The van der Waals surface area contributed by atoms with Crippen LogP contribution in [0.4, 0.5) is 0 Å². The van der Waals surface area contributed by atoms with Crippen molar-refractivity contribution >= 4 is 0 Å². The van der Waals surface area contributed by atoms with Crippen molar-refractivity contribution in [2.24, 2.45) is 11.3 Å². The molecule has 1 aromatic rings. The molecule has 0 fully saturated rings. The third-order valence-corrected chi connectivity index (χ3v) is 3.87. The lowest BCUT2D eigenvalue weighted by Gasteiger charge is -2.31. The molecule has 0 aliphatic carbocycles. The van der Waals surface area contributed by atoms with Crippen LogP contribution in [-0.4, -0.2) is 12.0 Å². The van der Waals surface area contributed by atoms with Gasteiger partial charge in [0.25, 0.3) is 0 Å². The molecular formula is C15H26N2. The van der Waals surface area contributed by atoms with Gasteiger partial charge in [-0.1, -0.05) is 27.7 Å². The molecule has 96 valence electrons. The minimum Gasteiger partial charge on any atom is -0.313 e. The number of rotatable bonds is 4. The number of hydrogen-bond donors (Lipinski definition) is 1. The second-order valence-corrected chi connectivity index (χ2v) is 6.08. The molecule has 0 aliphatic rings. The van der Waals surface area contributed by atoms with Gasteiger partial charge in [-0.15, -0.1) is 0 Å². The fourth-order valence-electron chi connectivity index (χ4n) is 1.95. The summed E-state index contributed by atoms with van der Waals surface area (Å²) in [5.74, 6) is 0.666. The summed E-state index contributed by atoms with van der Waals surface area (Å²) in [6, 6.07) is 2.49. The highest BCUT2D eigenvalue weighted by Gasteiger charge is 2.24. The van der Waals surface area contributed by atoms with Gasteiger partial charge in [0.15, 0.2) is 0 Å². The number of aryl methyl sites for hydroxylation is 1. The molecule has 17 heavy (non-hydrogen) atoms. The Morgan fingerprint density at radius 2 is 2.00 bits per heavy atom. The van der Waals surface area contributed by atoms with Crippen LogP contribution in [0.15, 0.2) is 18.5 Å². The molecule has 0 amide bonds. The van der Waals surface area contributed by atoms with Crippen molar-refractivity contribution in [3.05, 3.63) is 29.6 Å². The van der Waals surface area contributed by atoms with Crippen LogP contribution in [0.25, 0.3) is 0 Å². The normalized spacial score (nSPS) is 15.6. The van der Waals surface area contributed by atoms with E-state index in [9.17, 15) is 0 Å². The SMILES string of the molecule is CNC(CC(C)C(C)(C)C)c1cnccc1C. The Hall–Kier alpha value is -0.890. The first-order valence-corrected chi connectivity index (χ1v) is 6.44. The maximum atomic E-state index is 4.24. The summed E-state index contributed by atoms with van der Waals surface area (Å²) < 4.78 is 0. The standard InChI is InChI=1S/C15H26N2/c1-11-7-8-17-10-13(11)14(16-6)9-12(2)15(3,4)5/h7-8,10,12,14,16H,9H2,1-6H3. The highest BCUT2D eigenvalue weighted by atomic mass is 14.9. The number of pyridine rings is 1. The van der Waals surface area contributed by atoms with E-state index in [0.29, 0.717) is 17.4 Å². The van der Waals surface area contributed by atoms with Crippen molar-refractivity contribution in [3.8, 4) is 0 Å². The monoisotopic (exact) mass is 234 g/mol.